The summed E-state index contributed by atoms with van der Waals surface area (Å²) in [4.78, 5) is 16.3. The third kappa shape index (κ3) is 5.28. The Kier molecular flexibility index (Phi) is 4.91. The zero-order valence-electron chi connectivity index (χ0n) is 12.0. The molecular formula is C14H21NO4. The monoisotopic (exact) mass is 267 g/mol. The van der Waals surface area contributed by atoms with Crippen LogP contribution in [0.15, 0.2) is 18.2 Å². The SMILES string of the molecule is Cc1ccc(C(O)ONC(=O)OC(C)(C)C)c(C)c1. The summed E-state index contributed by atoms with van der Waals surface area (Å²) in [6.45, 7) is 9.05. The topological polar surface area (TPSA) is 67.8 Å². The van der Waals surface area contributed by atoms with Crippen LogP contribution < -0.4 is 5.48 Å². The van der Waals surface area contributed by atoms with Crippen LogP contribution in [0.4, 0.5) is 4.79 Å². The van der Waals surface area contributed by atoms with Crippen LogP contribution in [0.25, 0.3) is 0 Å². The van der Waals surface area contributed by atoms with Crippen LogP contribution in [0.5, 0.6) is 0 Å². The van der Waals surface area contributed by atoms with Crippen molar-refractivity contribution in [2.24, 2.45) is 0 Å². The molecule has 0 spiro atoms. The summed E-state index contributed by atoms with van der Waals surface area (Å²) < 4.78 is 4.99. The minimum atomic E-state index is -1.23. The molecule has 0 aliphatic carbocycles. The van der Waals surface area contributed by atoms with Crippen molar-refractivity contribution in [1.82, 2.24) is 5.48 Å². The van der Waals surface area contributed by atoms with E-state index >= 15 is 0 Å². The van der Waals surface area contributed by atoms with Gasteiger partial charge < -0.3 is 9.84 Å². The molecule has 0 aliphatic heterocycles. The van der Waals surface area contributed by atoms with Crippen molar-refractivity contribution in [3.63, 3.8) is 0 Å². The Hall–Kier alpha value is -1.59. The molecule has 0 bridgehead atoms. The molecule has 0 saturated carbocycles. The lowest BCUT2D eigenvalue weighted by atomic mass is 10.1. The van der Waals surface area contributed by atoms with Gasteiger partial charge in [0, 0.05) is 5.56 Å². The van der Waals surface area contributed by atoms with Crippen molar-refractivity contribution in [3.05, 3.63) is 34.9 Å². The van der Waals surface area contributed by atoms with E-state index < -0.39 is 18.0 Å². The maximum absolute atomic E-state index is 11.4. The molecule has 1 atom stereocenters. The number of rotatable bonds is 3. The van der Waals surface area contributed by atoms with Crippen LogP contribution in [0, 0.1) is 13.8 Å². The van der Waals surface area contributed by atoms with Gasteiger partial charge in [0.15, 0.2) is 0 Å². The lowest BCUT2D eigenvalue weighted by Crippen LogP contribution is -2.33. The fourth-order valence-electron chi connectivity index (χ4n) is 1.57. The number of ether oxygens (including phenoxy) is 1. The number of carbonyl (C=O) groups excluding carboxylic acids is 1. The highest BCUT2D eigenvalue weighted by Gasteiger charge is 2.18. The van der Waals surface area contributed by atoms with E-state index in [0.29, 0.717) is 5.56 Å². The van der Waals surface area contributed by atoms with Crippen LogP contribution >= 0.6 is 0 Å². The van der Waals surface area contributed by atoms with E-state index in [1.165, 1.54) is 0 Å². The highest BCUT2D eigenvalue weighted by atomic mass is 16.8. The average molecular weight is 267 g/mol. The van der Waals surface area contributed by atoms with Crippen molar-refractivity contribution in [2.75, 3.05) is 0 Å². The number of nitrogens with one attached hydrogen (secondary N) is 1. The fraction of sp³-hybridized carbons (Fsp3) is 0.500. The van der Waals surface area contributed by atoms with E-state index in [0.717, 1.165) is 11.1 Å². The minimum Gasteiger partial charge on any atom is -0.442 e. The molecule has 1 unspecified atom stereocenters. The number of benzene rings is 1. The van der Waals surface area contributed by atoms with E-state index in [4.69, 9.17) is 9.57 Å². The van der Waals surface area contributed by atoms with Crippen molar-refractivity contribution in [2.45, 2.75) is 46.5 Å². The van der Waals surface area contributed by atoms with Gasteiger partial charge >= 0.3 is 6.09 Å². The van der Waals surface area contributed by atoms with Crippen molar-refractivity contribution < 1.29 is 19.5 Å². The molecule has 5 heteroatoms. The van der Waals surface area contributed by atoms with E-state index in [1.807, 2.05) is 26.0 Å². The van der Waals surface area contributed by atoms with Crippen LogP contribution in [0.1, 0.15) is 43.8 Å². The quantitative estimate of drug-likeness (QED) is 0.652. The van der Waals surface area contributed by atoms with Gasteiger partial charge in [-0.05, 0) is 40.2 Å². The predicted molar refractivity (Wildman–Crippen MR) is 71.3 cm³/mol. The zero-order valence-corrected chi connectivity index (χ0v) is 12.0. The second-order valence-electron chi connectivity index (χ2n) is 5.43. The van der Waals surface area contributed by atoms with Gasteiger partial charge in [-0.25, -0.2) is 9.63 Å². The zero-order chi connectivity index (χ0) is 14.6. The minimum absolute atomic E-state index is 0.599. The first-order chi connectivity index (χ1) is 8.69. The molecule has 0 aliphatic rings. The van der Waals surface area contributed by atoms with Gasteiger partial charge in [0.2, 0.25) is 6.29 Å². The van der Waals surface area contributed by atoms with E-state index in [2.05, 4.69) is 5.48 Å². The number of aliphatic hydroxyl groups is 1. The Morgan fingerprint density at radius 1 is 1.32 bits per heavy atom. The molecule has 19 heavy (non-hydrogen) atoms. The largest absolute Gasteiger partial charge is 0.442 e. The Labute approximate surface area is 113 Å². The average Bonchev–Trinajstić information content (AvgIpc) is 2.23. The molecule has 0 heterocycles. The van der Waals surface area contributed by atoms with Crippen molar-refractivity contribution in [1.29, 1.82) is 0 Å². The Morgan fingerprint density at radius 3 is 2.47 bits per heavy atom. The van der Waals surface area contributed by atoms with Crippen molar-refractivity contribution in [3.8, 4) is 0 Å². The normalized spacial score (nSPS) is 12.9. The van der Waals surface area contributed by atoms with Gasteiger partial charge in [0.05, 0.1) is 0 Å². The van der Waals surface area contributed by atoms with Gasteiger partial charge in [-0.3, -0.25) is 0 Å². The lowest BCUT2D eigenvalue weighted by Gasteiger charge is -2.20. The summed E-state index contributed by atoms with van der Waals surface area (Å²) in [6, 6.07) is 5.55. The highest BCUT2D eigenvalue weighted by Crippen LogP contribution is 2.19. The van der Waals surface area contributed by atoms with Crippen LogP contribution in [0.3, 0.4) is 0 Å². The smallest absolute Gasteiger partial charge is 0.431 e. The molecule has 106 valence electrons. The van der Waals surface area contributed by atoms with Gasteiger partial charge in [0.25, 0.3) is 0 Å². The predicted octanol–water partition coefficient (Wildman–Crippen LogP) is 2.75. The summed E-state index contributed by atoms with van der Waals surface area (Å²) in [5.41, 5.74) is 4.03. The molecular weight excluding hydrogens is 246 g/mol. The fourth-order valence-corrected chi connectivity index (χ4v) is 1.57. The molecule has 0 aromatic heterocycles. The molecule has 1 aromatic carbocycles. The highest BCUT2D eigenvalue weighted by molar-refractivity contribution is 5.66. The summed E-state index contributed by atoms with van der Waals surface area (Å²) in [7, 11) is 0. The van der Waals surface area contributed by atoms with Gasteiger partial charge in [-0.1, -0.05) is 23.8 Å². The maximum Gasteiger partial charge on any atom is 0.431 e. The number of aryl methyl sites for hydroxylation is 2. The lowest BCUT2D eigenvalue weighted by molar-refractivity contribution is -0.146. The number of hydrogen-bond acceptors (Lipinski definition) is 4. The van der Waals surface area contributed by atoms with Crippen molar-refractivity contribution >= 4 is 6.09 Å². The number of aliphatic hydroxyl groups excluding tert-OH is 1. The molecule has 5 nitrogen and oxygen atoms in total. The van der Waals surface area contributed by atoms with Crippen LogP contribution in [-0.2, 0) is 9.57 Å². The van der Waals surface area contributed by atoms with E-state index in [-0.39, 0.29) is 0 Å². The number of amides is 1. The number of hydrogen-bond donors (Lipinski definition) is 2. The Balaban J connectivity index is 2.56. The molecule has 0 radical (unpaired) electrons. The van der Waals surface area contributed by atoms with E-state index in [1.54, 1.807) is 26.8 Å². The Morgan fingerprint density at radius 2 is 1.95 bits per heavy atom. The van der Waals surface area contributed by atoms with E-state index in [9.17, 15) is 9.90 Å². The third-order valence-corrected chi connectivity index (χ3v) is 2.34. The van der Waals surface area contributed by atoms with Crippen LogP contribution in [0.2, 0.25) is 0 Å². The molecule has 2 N–H and O–H groups in total. The summed E-state index contributed by atoms with van der Waals surface area (Å²) in [5, 5.41) is 9.85. The molecule has 1 rings (SSSR count). The molecule has 0 saturated heterocycles. The summed E-state index contributed by atoms with van der Waals surface area (Å²) >= 11 is 0. The van der Waals surface area contributed by atoms with Crippen LogP contribution in [-0.4, -0.2) is 16.8 Å². The first-order valence-electron chi connectivity index (χ1n) is 6.09. The number of hydroxylamine groups is 1. The second-order valence-corrected chi connectivity index (χ2v) is 5.43. The van der Waals surface area contributed by atoms with Gasteiger partial charge in [-0.2, -0.15) is 5.48 Å². The maximum atomic E-state index is 11.4. The summed E-state index contributed by atoms with van der Waals surface area (Å²) in [6.07, 6.45) is -1.97. The first-order valence-corrected chi connectivity index (χ1v) is 6.09. The molecule has 0 fully saturated rings. The Bertz CT molecular complexity index is 451. The standard InChI is InChI=1S/C14H21NO4/c1-9-6-7-11(10(2)8-9)12(16)19-15-13(17)18-14(3,4)5/h6-8,12,16H,1-5H3,(H,15,17). The first kappa shape index (κ1) is 15.5. The molecule has 1 aromatic rings. The number of carbonyl (C=O) groups is 1. The summed E-state index contributed by atoms with van der Waals surface area (Å²) in [5.74, 6) is 0. The molecule has 1 amide bonds. The third-order valence-electron chi connectivity index (χ3n) is 2.34. The van der Waals surface area contributed by atoms with Gasteiger partial charge in [0.1, 0.15) is 5.60 Å². The second kappa shape index (κ2) is 6.04. The van der Waals surface area contributed by atoms with Gasteiger partial charge in [-0.15, -0.1) is 0 Å².